The van der Waals surface area contributed by atoms with Gasteiger partial charge in [0.2, 0.25) is 0 Å². The fourth-order valence-electron chi connectivity index (χ4n) is 1.77. The fraction of sp³-hybridized carbons (Fsp3) is 0.364. The van der Waals surface area contributed by atoms with Crippen LogP contribution in [0.3, 0.4) is 0 Å². The normalized spacial score (nSPS) is 18.9. The molecule has 2 N–H and O–H groups in total. The summed E-state index contributed by atoms with van der Waals surface area (Å²) in [4.78, 5) is 13.5. The molecule has 0 spiro atoms. The fourth-order valence-corrected chi connectivity index (χ4v) is 2.30. The number of nitrogens with zero attached hydrogens (tertiary/aromatic N) is 1. The Labute approximate surface area is 109 Å². The van der Waals surface area contributed by atoms with Gasteiger partial charge in [-0.1, -0.05) is 23.2 Å². The molecule has 0 fully saturated rings. The molecule has 0 aromatic heterocycles. The van der Waals surface area contributed by atoms with Crippen molar-refractivity contribution < 1.29 is 9.53 Å². The van der Waals surface area contributed by atoms with E-state index in [0.29, 0.717) is 34.4 Å². The minimum absolute atomic E-state index is 0.138. The second kappa shape index (κ2) is 4.72. The molecular formula is C11H12Cl2N2O2. The predicted molar refractivity (Wildman–Crippen MR) is 68.0 cm³/mol. The molecule has 1 unspecified atom stereocenters. The average Bonchev–Trinajstić information content (AvgIpc) is 2.27. The van der Waals surface area contributed by atoms with Gasteiger partial charge in [0, 0.05) is 18.5 Å². The van der Waals surface area contributed by atoms with Crippen molar-refractivity contribution in [3.05, 3.63) is 22.2 Å². The number of nitrogens with two attached hydrogens (primary N) is 1. The summed E-state index contributed by atoms with van der Waals surface area (Å²) in [7, 11) is 1.67. The number of amides is 1. The summed E-state index contributed by atoms with van der Waals surface area (Å²) in [5.41, 5.74) is 6.03. The zero-order valence-electron chi connectivity index (χ0n) is 9.24. The van der Waals surface area contributed by atoms with Gasteiger partial charge in [0.1, 0.15) is 0 Å². The molecule has 0 saturated heterocycles. The maximum atomic E-state index is 12.0. The van der Waals surface area contributed by atoms with Crippen LogP contribution in [0.5, 0.6) is 5.75 Å². The summed E-state index contributed by atoms with van der Waals surface area (Å²) in [5.74, 6) is 0.345. The molecule has 1 heterocycles. The summed E-state index contributed by atoms with van der Waals surface area (Å²) in [5, 5.41) is 0.864. The van der Waals surface area contributed by atoms with Crippen molar-refractivity contribution in [2.24, 2.45) is 5.73 Å². The van der Waals surface area contributed by atoms with Crippen molar-refractivity contribution in [3.63, 3.8) is 0 Å². The number of halogens is 2. The maximum Gasteiger partial charge on any atom is 0.267 e. The van der Waals surface area contributed by atoms with Crippen LogP contribution < -0.4 is 15.4 Å². The van der Waals surface area contributed by atoms with E-state index in [1.165, 1.54) is 4.90 Å². The van der Waals surface area contributed by atoms with Crippen molar-refractivity contribution in [1.29, 1.82) is 0 Å². The Morgan fingerprint density at radius 1 is 1.47 bits per heavy atom. The van der Waals surface area contributed by atoms with E-state index in [4.69, 9.17) is 33.7 Å². The predicted octanol–water partition coefficient (Wildman–Crippen LogP) is 2.07. The molecule has 1 aromatic rings. The first-order valence-corrected chi connectivity index (χ1v) is 5.93. The largest absolute Gasteiger partial charge is 0.477 e. The van der Waals surface area contributed by atoms with Crippen LogP contribution in [0, 0.1) is 0 Å². The number of carbonyl (C=O) groups excluding carboxylic acids is 1. The number of hydrogen-bond acceptors (Lipinski definition) is 3. The Kier molecular flexibility index (Phi) is 3.47. The molecule has 1 aliphatic heterocycles. The molecule has 1 amide bonds. The van der Waals surface area contributed by atoms with Gasteiger partial charge in [-0.05, 0) is 18.7 Å². The molecule has 0 saturated carbocycles. The lowest BCUT2D eigenvalue weighted by atomic mass is 10.1. The van der Waals surface area contributed by atoms with Crippen LogP contribution in [0.15, 0.2) is 12.1 Å². The quantitative estimate of drug-likeness (QED) is 0.898. The number of hydrogen-bond donors (Lipinski definition) is 1. The van der Waals surface area contributed by atoms with Crippen LogP contribution in [0.25, 0.3) is 0 Å². The smallest absolute Gasteiger partial charge is 0.267 e. The summed E-state index contributed by atoms with van der Waals surface area (Å²) in [6.07, 6.45) is -0.113. The van der Waals surface area contributed by atoms with Crippen molar-refractivity contribution in [3.8, 4) is 5.75 Å². The Morgan fingerprint density at radius 3 is 2.82 bits per heavy atom. The van der Waals surface area contributed by atoms with E-state index in [-0.39, 0.29) is 5.91 Å². The van der Waals surface area contributed by atoms with E-state index in [9.17, 15) is 4.79 Å². The molecule has 92 valence electrons. The van der Waals surface area contributed by atoms with Gasteiger partial charge in [-0.25, -0.2) is 0 Å². The molecule has 0 bridgehead atoms. The zero-order chi connectivity index (χ0) is 12.6. The second-order valence-corrected chi connectivity index (χ2v) is 4.66. The first-order valence-electron chi connectivity index (χ1n) is 5.18. The van der Waals surface area contributed by atoms with Gasteiger partial charge < -0.3 is 15.4 Å². The van der Waals surface area contributed by atoms with Crippen LogP contribution in [-0.2, 0) is 4.79 Å². The molecule has 0 aliphatic carbocycles. The van der Waals surface area contributed by atoms with E-state index in [0.717, 1.165) is 0 Å². The van der Waals surface area contributed by atoms with Crippen molar-refractivity contribution in [2.45, 2.75) is 12.5 Å². The number of likely N-dealkylation sites (N-methyl/N-ethyl adjacent to an activating group) is 1. The number of anilines is 1. The molecule has 1 aliphatic rings. The monoisotopic (exact) mass is 274 g/mol. The molecule has 1 aromatic carbocycles. The molecule has 6 heteroatoms. The minimum Gasteiger partial charge on any atom is -0.477 e. The van der Waals surface area contributed by atoms with Crippen LogP contribution in [0.4, 0.5) is 5.69 Å². The first kappa shape index (κ1) is 12.5. The number of benzene rings is 1. The first-order chi connectivity index (χ1) is 8.04. The van der Waals surface area contributed by atoms with Gasteiger partial charge in [-0.2, -0.15) is 0 Å². The Hall–Kier alpha value is -0.970. The highest BCUT2D eigenvalue weighted by Gasteiger charge is 2.33. The Balaban J connectivity index is 2.45. The van der Waals surface area contributed by atoms with E-state index in [2.05, 4.69) is 0 Å². The number of carbonyl (C=O) groups is 1. The second-order valence-electron chi connectivity index (χ2n) is 3.82. The van der Waals surface area contributed by atoms with E-state index >= 15 is 0 Å². The summed E-state index contributed by atoms with van der Waals surface area (Å²) < 4.78 is 5.58. The highest BCUT2D eigenvalue weighted by molar-refractivity contribution is 6.36. The number of fused-ring (bicyclic) bond motifs is 1. The van der Waals surface area contributed by atoms with Gasteiger partial charge in [0.15, 0.2) is 11.9 Å². The van der Waals surface area contributed by atoms with Crippen LogP contribution in [-0.4, -0.2) is 25.6 Å². The molecule has 1 atom stereocenters. The van der Waals surface area contributed by atoms with Gasteiger partial charge in [-0.3, -0.25) is 4.79 Å². The lowest BCUT2D eigenvalue weighted by Gasteiger charge is -2.32. The highest BCUT2D eigenvalue weighted by Crippen LogP contribution is 2.41. The third-order valence-corrected chi connectivity index (χ3v) is 3.14. The van der Waals surface area contributed by atoms with Crippen molar-refractivity contribution in [2.75, 3.05) is 18.5 Å². The number of rotatable bonds is 2. The van der Waals surface area contributed by atoms with Gasteiger partial charge >= 0.3 is 0 Å². The lowest BCUT2D eigenvalue weighted by Crippen LogP contribution is -2.44. The lowest BCUT2D eigenvalue weighted by molar-refractivity contribution is -0.126. The van der Waals surface area contributed by atoms with Crippen LogP contribution in [0.2, 0.25) is 10.0 Å². The van der Waals surface area contributed by atoms with Crippen LogP contribution >= 0.6 is 23.2 Å². The highest BCUT2D eigenvalue weighted by atomic mass is 35.5. The van der Waals surface area contributed by atoms with E-state index in [1.54, 1.807) is 19.2 Å². The average molecular weight is 275 g/mol. The summed E-state index contributed by atoms with van der Waals surface area (Å²) >= 11 is 11.9. The minimum atomic E-state index is -0.573. The van der Waals surface area contributed by atoms with E-state index < -0.39 is 6.10 Å². The molecule has 2 rings (SSSR count). The van der Waals surface area contributed by atoms with E-state index in [1.807, 2.05) is 0 Å². The van der Waals surface area contributed by atoms with Gasteiger partial charge in [-0.15, -0.1) is 0 Å². The summed E-state index contributed by atoms with van der Waals surface area (Å²) in [6, 6.07) is 3.24. The Bertz CT molecular complexity index is 465. The third kappa shape index (κ3) is 2.20. The van der Waals surface area contributed by atoms with Crippen LogP contribution in [0.1, 0.15) is 6.42 Å². The topological polar surface area (TPSA) is 55.6 Å². The third-order valence-electron chi connectivity index (χ3n) is 2.65. The molecule has 0 radical (unpaired) electrons. The van der Waals surface area contributed by atoms with Gasteiger partial charge in [0.25, 0.3) is 5.91 Å². The van der Waals surface area contributed by atoms with Gasteiger partial charge in [0.05, 0.1) is 10.7 Å². The Morgan fingerprint density at radius 2 is 2.18 bits per heavy atom. The molecule has 4 nitrogen and oxygen atoms in total. The SMILES string of the molecule is CN1C(=O)C(CCN)Oc2c(Cl)cc(Cl)cc21. The zero-order valence-corrected chi connectivity index (χ0v) is 10.8. The maximum absolute atomic E-state index is 12.0. The number of ether oxygens (including phenoxy) is 1. The summed E-state index contributed by atoms with van der Waals surface area (Å²) in [6.45, 7) is 0.380. The van der Waals surface area contributed by atoms with Crippen molar-refractivity contribution in [1.82, 2.24) is 0 Å². The molecular weight excluding hydrogens is 263 g/mol. The molecule has 17 heavy (non-hydrogen) atoms. The standard InChI is InChI=1S/C11H12Cl2N2O2/c1-15-8-5-6(12)4-7(13)10(8)17-9(2-3-14)11(15)16/h4-5,9H,2-3,14H2,1H3. The van der Waals surface area contributed by atoms with Crippen molar-refractivity contribution >= 4 is 34.8 Å².